The summed E-state index contributed by atoms with van der Waals surface area (Å²) in [5.74, 6) is 1.10. The van der Waals surface area contributed by atoms with E-state index in [4.69, 9.17) is 0 Å². The van der Waals surface area contributed by atoms with Crippen LogP contribution in [0.4, 0.5) is 0 Å². The first-order valence-corrected chi connectivity index (χ1v) is 6.24. The maximum atomic E-state index is 3.96. The number of hydrogen-bond acceptors (Lipinski definition) is 1. The second-order valence-electron chi connectivity index (χ2n) is 3.83. The molecule has 0 nitrogen and oxygen atoms in total. The van der Waals surface area contributed by atoms with Crippen molar-refractivity contribution in [3.05, 3.63) is 46.9 Å². The van der Waals surface area contributed by atoms with E-state index in [2.05, 4.69) is 45.8 Å². The van der Waals surface area contributed by atoms with E-state index in [1.54, 1.807) is 0 Å². The van der Waals surface area contributed by atoms with E-state index in [9.17, 15) is 0 Å². The molecule has 0 atom stereocenters. The van der Waals surface area contributed by atoms with E-state index in [1.807, 2.05) is 11.8 Å². The highest BCUT2D eigenvalue weighted by Crippen LogP contribution is 2.16. The first-order chi connectivity index (χ1) is 6.63. The highest BCUT2D eigenvalue weighted by atomic mass is 32.2. The molecule has 0 aliphatic heterocycles. The van der Waals surface area contributed by atoms with Gasteiger partial charge in [-0.05, 0) is 36.3 Å². The Balaban J connectivity index is 2.90. The highest BCUT2D eigenvalue weighted by Gasteiger charge is 2.00. The lowest BCUT2D eigenvalue weighted by molar-refractivity contribution is 1.18. The Morgan fingerprint density at radius 3 is 2.79 bits per heavy atom. The lowest BCUT2D eigenvalue weighted by Gasteiger charge is -2.08. The summed E-state index contributed by atoms with van der Waals surface area (Å²) in [6.07, 6.45) is 3.15. The van der Waals surface area contributed by atoms with Crippen molar-refractivity contribution in [3.63, 3.8) is 0 Å². The Morgan fingerprint density at radius 1 is 1.50 bits per heavy atom. The molecule has 0 aliphatic carbocycles. The molecule has 0 saturated heterocycles. The molecule has 2 heteroatoms. The lowest BCUT2D eigenvalue weighted by atomic mass is 9.89. The molecule has 74 valence electrons. The van der Waals surface area contributed by atoms with Crippen LogP contribution in [-0.4, -0.2) is 14.1 Å². The summed E-state index contributed by atoms with van der Waals surface area (Å²) < 4.78 is 0. The molecule has 0 radical (unpaired) electrons. The molecule has 0 bridgehead atoms. The number of hydrogen-bond donors (Lipinski definition) is 0. The monoisotopic (exact) mass is 204 g/mol. The van der Waals surface area contributed by atoms with Crippen LogP contribution in [0.25, 0.3) is 0 Å². The van der Waals surface area contributed by atoms with Crippen molar-refractivity contribution < 1.29 is 0 Å². The predicted molar refractivity (Wildman–Crippen MR) is 69.8 cm³/mol. The summed E-state index contributed by atoms with van der Waals surface area (Å²) in [4.78, 5) is 0. The predicted octanol–water partition coefficient (Wildman–Crippen LogP) is 2.55. The van der Waals surface area contributed by atoms with E-state index in [1.165, 1.54) is 22.2 Å². The molecular weight excluding hydrogens is 187 g/mol. The minimum atomic E-state index is 1.01. The van der Waals surface area contributed by atoms with Gasteiger partial charge in [0, 0.05) is 5.75 Å². The average Bonchev–Trinajstić information content (AvgIpc) is 2.10. The Hall–Kier alpha value is -0.625. The van der Waals surface area contributed by atoms with Crippen molar-refractivity contribution in [3.8, 4) is 0 Å². The molecule has 0 spiro atoms. The second-order valence-corrected chi connectivity index (χ2v) is 4.69. The zero-order valence-corrected chi connectivity index (χ0v) is 10.1. The molecule has 0 aromatic heterocycles. The van der Waals surface area contributed by atoms with Crippen molar-refractivity contribution in [1.29, 1.82) is 0 Å². The average molecular weight is 204 g/mol. The van der Waals surface area contributed by atoms with Crippen LogP contribution in [0.3, 0.4) is 0 Å². The largest absolute Gasteiger partial charge is 0.161 e. The van der Waals surface area contributed by atoms with E-state index < -0.39 is 0 Å². The number of aryl methyl sites for hydroxylation is 1. The third kappa shape index (κ3) is 3.26. The van der Waals surface area contributed by atoms with E-state index in [-0.39, 0.29) is 0 Å². The maximum absolute atomic E-state index is 3.96. The van der Waals surface area contributed by atoms with Gasteiger partial charge in [-0.15, -0.1) is 12.1 Å². The fourth-order valence-electron chi connectivity index (χ4n) is 1.50. The van der Waals surface area contributed by atoms with Gasteiger partial charge in [-0.25, -0.2) is 0 Å². The van der Waals surface area contributed by atoms with Crippen molar-refractivity contribution in [1.82, 2.24) is 0 Å². The Kier molecular flexibility index (Phi) is 4.34. The third-order valence-electron chi connectivity index (χ3n) is 2.22. The topological polar surface area (TPSA) is 0 Å². The standard InChI is InChI=1S/C12H17BS/c1-9-4-5-11(8-14-3)7-12(9)6-10(2)13/h4-5,7H,2,6,8,13H2,1,3H3. The molecule has 0 saturated carbocycles. The van der Waals surface area contributed by atoms with E-state index in [0.717, 1.165) is 12.2 Å². The van der Waals surface area contributed by atoms with Gasteiger partial charge in [0.2, 0.25) is 0 Å². The van der Waals surface area contributed by atoms with Gasteiger partial charge in [0.25, 0.3) is 0 Å². The minimum absolute atomic E-state index is 1.01. The summed E-state index contributed by atoms with van der Waals surface area (Å²) in [5, 5.41) is 0. The molecule has 0 unspecified atom stereocenters. The summed E-state index contributed by atoms with van der Waals surface area (Å²) in [5.41, 5.74) is 5.44. The summed E-state index contributed by atoms with van der Waals surface area (Å²) in [6.45, 7) is 6.13. The molecule has 0 amide bonds. The molecule has 0 aliphatic rings. The van der Waals surface area contributed by atoms with Crippen molar-refractivity contribution in [2.24, 2.45) is 0 Å². The molecule has 0 heterocycles. The Morgan fingerprint density at radius 2 is 2.21 bits per heavy atom. The first kappa shape index (κ1) is 11.4. The van der Waals surface area contributed by atoms with Gasteiger partial charge in [-0.1, -0.05) is 18.2 Å². The molecule has 1 aromatic carbocycles. The quantitative estimate of drug-likeness (QED) is 0.679. The molecule has 0 fully saturated rings. The van der Waals surface area contributed by atoms with Crippen molar-refractivity contribution >= 4 is 19.6 Å². The second kappa shape index (κ2) is 5.30. The van der Waals surface area contributed by atoms with Gasteiger partial charge in [0.05, 0.1) is 0 Å². The fourth-order valence-corrected chi connectivity index (χ4v) is 2.01. The molecule has 0 N–H and O–H groups in total. The summed E-state index contributed by atoms with van der Waals surface area (Å²) in [7, 11) is 2.08. The highest BCUT2D eigenvalue weighted by molar-refractivity contribution is 7.97. The minimum Gasteiger partial charge on any atom is -0.161 e. The Labute approximate surface area is 92.2 Å². The molecule has 14 heavy (non-hydrogen) atoms. The maximum Gasteiger partial charge on any atom is 0.133 e. The van der Waals surface area contributed by atoms with Crippen LogP contribution >= 0.6 is 11.8 Å². The van der Waals surface area contributed by atoms with Crippen LogP contribution in [0.15, 0.2) is 30.3 Å². The van der Waals surface area contributed by atoms with Crippen LogP contribution in [0, 0.1) is 6.92 Å². The van der Waals surface area contributed by atoms with Crippen LogP contribution in [0.1, 0.15) is 16.7 Å². The van der Waals surface area contributed by atoms with Gasteiger partial charge in [-0.2, -0.15) is 11.8 Å². The lowest BCUT2D eigenvalue weighted by Crippen LogP contribution is -1.94. The van der Waals surface area contributed by atoms with Gasteiger partial charge in [0.1, 0.15) is 7.85 Å². The molecule has 1 rings (SSSR count). The number of rotatable bonds is 4. The van der Waals surface area contributed by atoms with Crippen LogP contribution in [0.5, 0.6) is 0 Å². The smallest absolute Gasteiger partial charge is 0.133 e. The summed E-state index contributed by atoms with van der Waals surface area (Å²) >= 11 is 1.87. The number of allylic oxidation sites excluding steroid dienone is 1. The van der Waals surface area contributed by atoms with Crippen LogP contribution in [-0.2, 0) is 12.2 Å². The van der Waals surface area contributed by atoms with Crippen molar-refractivity contribution in [2.45, 2.75) is 19.1 Å². The zero-order valence-electron chi connectivity index (χ0n) is 9.26. The number of benzene rings is 1. The van der Waals surface area contributed by atoms with Crippen molar-refractivity contribution in [2.75, 3.05) is 6.26 Å². The van der Waals surface area contributed by atoms with Gasteiger partial charge >= 0.3 is 0 Å². The Bertz CT molecular complexity index is 331. The van der Waals surface area contributed by atoms with Gasteiger partial charge in [-0.3, -0.25) is 0 Å². The molecular formula is C12H17BS. The normalized spacial score (nSPS) is 10.1. The third-order valence-corrected chi connectivity index (χ3v) is 2.84. The van der Waals surface area contributed by atoms with E-state index in [0.29, 0.717) is 0 Å². The van der Waals surface area contributed by atoms with Gasteiger partial charge in [0.15, 0.2) is 0 Å². The van der Waals surface area contributed by atoms with Crippen LogP contribution < -0.4 is 0 Å². The van der Waals surface area contributed by atoms with Crippen LogP contribution in [0.2, 0.25) is 0 Å². The zero-order chi connectivity index (χ0) is 10.6. The first-order valence-electron chi connectivity index (χ1n) is 4.85. The summed E-state index contributed by atoms with van der Waals surface area (Å²) in [6, 6.07) is 6.73. The van der Waals surface area contributed by atoms with Gasteiger partial charge < -0.3 is 0 Å². The number of thioether (sulfide) groups is 1. The fraction of sp³-hybridized carbons (Fsp3) is 0.333. The van der Waals surface area contributed by atoms with E-state index >= 15 is 0 Å². The SMILES string of the molecule is BC(=C)Cc1cc(CSC)ccc1C. The molecule has 1 aromatic rings.